The van der Waals surface area contributed by atoms with Crippen molar-refractivity contribution in [2.75, 3.05) is 6.54 Å². The van der Waals surface area contributed by atoms with E-state index in [0.29, 0.717) is 18.2 Å². The van der Waals surface area contributed by atoms with Crippen molar-refractivity contribution in [3.8, 4) is 0 Å². The number of halogens is 12. The zero-order valence-corrected chi connectivity index (χ0v) is 22.2. The van der Waals surface area contributed by atoms with Crippen molar-refractivity contribution < 1.29 is 49.1 Å². The fourth-order valence-corrected chi connectivity index (χ4v) is 3.98. The van der Waals surface area contributed by atoms with Gasteiger partial charge in [-0.3, -0.25) is 9.59 Å². The Balaban J connectivity index is 2.40. The van der Waals surface area contributed by atoms with Crippen LogP contribution in [0.25, 0.3) is 6.08 Å². The molecule has 220 valence electrons. The molecule has 2 aromatic carbocycles. The van der Waals surface area contributed by atoms with Crippen LogP contribution < -0.4 is 10.6 Å². The summed E-state index contributed by atoms with van der Waals surface area (Å²) in [7, 11) is 0. The Kier molecular flexibility index (Phi) is 10.8. The lowest BCUT2D eigenvalue weighted by Crippen LogP contribution is -2.48. The van der Waals surface area contributed by atoms with Gasteiger partial charge in [-0.2, -0.15) is 39.5 Å². The summed E-state index contributed by atoms with van der Waals surface area (Å²) in [6.45, 7) is -0.421. The van der Waals surface area contributed by atoms with Crippen molar-refractivity contribution in [1.29, 1.82) is 0 Å². The van der Waals surface area contributed by atoms with Crippen LogP contribution in [0.5, 0.6) is 0 Å². The van der Waals surface area contributed by atoms with Crippen LogP contribution in [0, 0.1) is 0 Å². The van der Waals surface area contributed by atoms with Gasteiger partial charge >= 0.3 is 18.5 Å². The summed E-state index contributed by atoms with van der Waals surface area (Å²) >= 11 is 17.4. The van der Waals surface area contributed by atoms with Gasteiger partial charge in [-0.15, -0.1) is 0 Å². The molecule has 2 unspecified atom stereocenters. The van der Waals surface area contributed by atoms with E-state index in [1.165, 1.54) is 12.2 Å². The average molecular weight is 644 g/mol. The van der Waals surface area contributed by atoms with Crippen LogP contribution >= 0.6 is 34.8 Å². The monoisotopic (exact) mass is 642 g/mol. The molecule has 2 N–H and O–H groups in total. The third-order valence-electron chi connectivity index (χ3n) is 5.29. The number of amides is 2. The van der Waals surface area contributed by atoms with Gasteiger partial charge in [0.15, 0.2) is 0 Å². The lowest BCUT2D eigenvalue weighted by atomic mass is 9.96. The second-order valence-corrected chi connectivity index (χ2v) is 9.44. The summed E-state index contributed by atoms with van der Waals surface area (Å²) < 4.78 is 120. The average Bonchev–Trinajstić information content (AvgIpc) is 2.82. The Hall–Kier alpha value is -2.64. The normalized spacial score (nSPS) is 14.2. The van der Waals surface area contributed by atoms with Crippen molar-refractivity contribution in [2.45, 2.75) is 43.8 Å². The second-order valence-electron chi connectivity index (χ2n) is 8.25. The van der Waals surface area contributed by atoms with E-state index >= 15 is 0 Å². The first-order chi connectivity index (χ1) is 18.2. The van der Waals surface area contributed by atoms with Crippen LogP contribution in [0.1, 0.15) is 46.3 Å². The van der Waals surface area contributed by atoms with Crippen LogP contribution in [0.4, 0.5) is 39.5 Å². The fourth-order valence-electron chi connectivity index (χ4n) is 3.37. The maximum atomic E-state index is 13.8. The molecule has 16 heteroatoms. The molecule has 0 aromatic heterocycles. The molecule has 2 rings (SSSR count). The number of nitrogens with one attached hydrogen (secondary N) is 2. The Morgan fingerprint density at radius 3 is 1.98 bits per heavy atom. The zero-order valence-electron chi connectivity index (χ0n) is 20.0. The molecule has 0 bridgehead atoms. The highest BCUT2D eigenvalue weighted by molar-refractivity contribution is 6.48. The minimum atomic E-state index is -5.17. The van der Waals surface area contributed by atoms with Gasteiger partial charge in [-0.25, -0.2) is 0 Å². The van der Waals surface area contributed by atoms with Crippen LogP contribution in [0.15, 0.2) is 36.4 Å². The van der Waals surface area contributed by atoms with Crippen molar-refractivity contribution in [2.24, 2.45) is 0 Å². The summed E-state index contributed by atoms with van der Waals surface area (Å²) in [4.78, 5) is 24.5. The molecule has 0 saturated heterocycles. The topological polar surface area (TPSA) is 58.2 Å². The molecule has 0 aliphatic carbocycles. The second kappa shape index (κ2) is 12.9. The Morgan fingerprint density at radius 1 is 0.925 bits per heavy atom. The van der Waals surface area contributed by atoms with Crippen molar-refractivity contribution >= 4 is 52.7 Å². The molecule has 0 radical (unpaired) electrons. The highest BCUT2D eigenvalue weighted by Crippen LogP contribution is 2.41. The minimum Gasteiger partial charge on any atom is -0.345 e. The number of carbonyl (C=O) groups excluding carboxylic acids is 2. The number of alkyl halides is 9. The molecule has 2 amide bonds. The molecule has 4 nitrogen and oxygen atoms in total. The minimum absolute atomic E-state index is 0.191. The number of rotatable bonds is 8. The maximum absolute atomic E-state index is 13.8. The first-order valence-corrected chi connectivity index (χ1v) is 12.1. The van der Waals surface area contributed by atoms with E-state index < -0.39 is 65.5 Å². The highest BCUT2D eigenvalue weighted by atomic mass is 35.5. The van der Waals surface area contributed by atoms with Crippen LogP contribution in [0.2, 0.25) is 15.1 Å². The van der Waals surface area contributed by atoms with Gasteiger partial charge in [0.25, 0.3) is 5.91 Å². The van der Waals surface area contributed by atoms with E-state index in [0.717, 1.165) is 24.3 Å². The SMILES string of the molecule is CCC(NC(=O)c1ccc(/C=C/C(c2cc(Cl)c(Cl)c(Cl)c2)C(F)(F)F)cc1C(F)(F)F)C(=O)NCC(F)(F)F. The van der Waals surface area contributed by atoms with E-state index in [2.05, 4.69) is 0 Å². The van der Waals surface area contributed by atoms with Crippen molar-refractivity contribution in [3.05, 3.63) is 73.7 Å². The molecule has 2 aromatic rings. The summed E-state index contributed by atoms with van der Waals surface area (Å²) in [6, 6.07) is 2.20. The van der Waals surface area contributed by atoms with Crippen LogP contribution in [0.3, 0.4) is 0 Å². The Bertz CT molecular complexity index is 1250. The first kappa shape index (κ1) is 33.6. The van der Waals surface area contributed by atoms with Gasteiger partial charge in [-0.05, 0) is 41.8 Å². The number of benzene rings is 2. The molecule has 0 spiro atoms. The van der Waals surface area contributed by atoms with Gasteiger partial charge < -0.3 is 10.6 Å². The molecule has 0 saturated carbocycles. The Morgan fingerprint density at radius 2 is 1.50 bits per heavy atom. The van der Waals surface area contributed by atoms with E-state index in [1.807, 2.05) is 5.32 Å². The van der Waals surface area contributed by atoms with E-state index in [1.54, 1.807) is 0 Å². The molecule has 0 aliphatic rings. The molecular weight excluding hydrogens is 626 g/mol. The summed E-state index contributed by atoms with van der Waals surface area (Å²) in [5.74, 6) is -5.06. The fraction of sp³-hybridized carbons (Fsp3) is 0.333. The van der Waals surface area contributed by atoms with Crippen LogP contribution in [-0.2, 0) is 11.0 Å². The zero-order chi connectivity index (χ0) is 30.6. The van der Waals surface area contributed by atoms with Gasteiger partial charge in [0, 0.05) is 0 Å². The predicted molar refractivity (Wildman–Crippen MR) is 131 cm³/mol. The molecular formula is C24H18Cl3F9N2O2. The molecule has 0 heterocycles. The van der Waals surface area contributed by atoms with Gasteiger partial charge in [0.05, 0.1) is 32.1 Å². The lowest BCUT2D eigenvalue weighted by molar-refractivity contribution is -0.140. The number of hydrogen-bond acceptors (Lipinski definition) is 2. The number of hydrogen-bond donors (Lipinski definition) is 2. The first-order valence-electron chi connectivity index (χ1n) is 11.0. The largest absolute Gasteiger partial charge is 0.417 e. The maximum Gasteiger partial charge on any atom is 0.417 e. The van der Waals surface area contributed by atoms with E-state index in [4.69, 9.17) is 34.8 Å². The molecule has 40 heavy (non-hydrogen) atoms. The summed E-state index contributed by atoms with van der Waals surface area (Å²) in [6.07, 6.45) is -13.8. The lowest BCUT2D eigenvalue weighted by Gasteiger charge is -2.20. The smallest absolute Gasteiger partial charge is 0.345 e. The predicted octanol–water partition coefficient (Wildman–Crippen LogP) is 8.21. The highest BCUT2D eigenvalue weighted by Gasteiger charge is 2.40. The van der Waals surface area contributed by atoms with Crippen LogP contribution in [-0.4, -0.2) is 36.8 Å². The van der Waals surface area contributed by atoms with Gasteiger partial charge in [-0.1, -0.05) is 59.9 Å². The van der Waals surface area contributed by atoms with Crippen molar-refractivity contribution in [3.63, 3.8) is 0 Å². The van der Waals surface area contributed by atoms with Gasteiger partial charge in [0.1, 0.15) is 12.6 Å². The molecule has 2 atom stereocenters. The molecule has 0 aliphatic heterocycles. The molecule has 0 fully saturated rings. The third-order valence-corrected chi connectivity index (χ3v) is 6.48. The van der Waals surface area contributed by atoms with E-state index in [9.17, 15) is 49.1 Å². The summed E-state index contributed by atoms with van der Waals surface area (Å²) in [5.41, 5.74) is -3.38. The quantitative estimate of drug-likeness (QED) is 0.225. The van der Waals surface area contributed by atoms with Crippen molar-refractivity contribution in [1.82, 2.24) is 10.6 Å². The summed E-state index contributed by atoms with van der Waals surface area (Å²) in [5, 5.41) is 2.71. The Labute approximate surface area is 236 Å². The standard InChI is InChI=1S/C24H18Cl3F9N2O2/c1-2-18(21(40)37-10-22(28,29)30)38-20(39)13-5-3-11(7-15(13)24(34,35)36)4-6-14(23(31,32)33)12-8-16(25)19(27)17(26)9-12/h3-9,14,18H,2,10H2,1H3,(H,37,40)(H,38,39)/b6-4+. The van der Waals surface area contributed by atoms with Gasteiger partial charge in [0.2, 0.25) is 5.91 Å². The number of carbonyl (C=O) groups is 2. The number of allylic oxidation sites excluding steroid dienone is 1. The third kappa shape index (κ3) is 9.20. The van der Waals surface area contributed by atoms with E-state index in [-0.39, 0.29) is 27.1 Å².